The molecule has 4 heteroatoms. The van der Waals surface area contributed by atoms with Gasteiger partial charge in [-0.3, -0.25) is 0 Å². The summed E-state index contributed by atoms with van der Waals surface area (Å²) >= 11 is 0. The predicted molar refractivity (Wildman–Crippen MR) is 82.8 cm³/mol. The number of para-hydroxylation sites is 1. The van der Waals surface area contributed by atoms with Crippen LogP contribution in [0.4, 0.5) is 8.78 Å². The van der Waals surface area contributed by atoms with E-state index in [2.05, 4.69) is 16.6 Å². The van der Waals surface area contributed by atoms with E-state index in [-0.39, 0.29) is 11.8 Å². The summed E-state index contributed by atoms with van der Waals surface area (Å²) in [5, 5.41) is 3.36. The van der Waals surface area contributed by atoms with Crippen molar-refractivity contribution in [3.05, 3.63) is 42.5 Å². The highest BCUT2D eigenvalue weighted by Gasteiger charge is 2.17. The van der Waals surface area contributed by atoms with E-state index in [9.17, 15) is 8.78 Å². The summed E-state index contributed by atoms with van der Waals surface area (Å²) in [5.74, 6) is 0.268. The Morgan fingerprint density at radius 3 is 2.67 bits per heavy atom. The highest BCUT2D eigenvalue weighted by Crippen LogP contribution is 2.29. The standard InChI is InChI=1S/C17H25F2NO/c1-3-5-6-7-8-12-15(20-4-2)14-11-9-10-13-16(14)21-17(18)19/h3,9-11,13,15,17,20H,1,4-8,12H2,2H3. The summed E-state index contributed by atoms with van der Waals surface area (Å²) in [6, 6.07) is 7.08. The second kappa shape index (κ2) is 10.3. The van der Waals surface area contributed by atoms with Crippen molar-refractivity contribution in [2.75, 3.05) is 6.54 Å². The van der Waals surface area contributed by atoms with E-state index < -0.39 is 6.61 Å². The molecule has 21 heavy (non-hydrogen) atoms. The number of benzene rings is 1. The van der Waals surface area contributed by atoms with Gasteiger partial charge in [0.1, 0.15) is 5.75 Å². The van der Waals surface area contributed by atoms with Gasteiger partial charge in [0.05, 0.1) is 0 Å². The van der Waals surface area contributed by atoms with Crippen molar-refractivity contribution in [1.29, 1.82) is 0 Å². The van der Waals surface area contributed by atoms with E-state index >= 15 is 0 Å². The molecule has 0 bridgehead atoms. The average molecular weight is 297 g/mol. The molecular formula is C17H25F2NO. The fourth-order valence-corrected chi connectivity index (χ4v) is 2.40. The number of hydrogen-bond donors (Lipinski definition) is 1. The highest BCUT2D eigenvalue weighted by atomic mass is 19.3. The van der Waals surface area contributed by atoms with E-state index in [1.165, 1.54) is 0 Å². The largest absolute Gasteiger partial charge is 0.434 e. The summed E-state index contributed by atoms with van der Waals surface area (Å²) in [6.07, 6.45) is 7.15. The van der Waals surface area contributed by atoms with Crippen molar-refractivity contribution in [1.82, 2.24) is 5.32 Å². The molecule has 1 rings (SSSR count). The molecule has 1 atom stereocenters. The van der Waals surface area contributed by atoms with Gasteiger partial charge in [0.2, 0.25) is 0 Å². The smallest absolute Gasteiger partial charge is 0.387 e. The van der Waals surface area contributed by atoms with Gasteiger partial charge in [-0.05, 0) is 31.9 Å². The number of rotatable bonds is 11. The number of hydrogen-bond acceptors (Lipinski definition) is 2. The number of allylic oxidation sites excluding steroid dienone is 1. The molecule has 2 nitrogen and oxygen atoms in total. The minimum Gasteiger partial charge on any atom is -0.434 e. The van der Waals surface area contributed by atoms with Crippen molar-refractivity contribution >= 4 is 0 Å². The summed E-state index contributed by atoms with van der Waals surface area (Å²) in [6.45, 7) is 3.73. The Balaban J connectivity index is 2.68. The molecule has 1 aromatic carbocycles. The molecule has 0 aliphatic heterocycles. The van der Waals surface area contributed by atoms with Crippen LogP contribution >= 0.6 is 0 Å². The first-order chi connectivity index (χ1) is 10.2. The highest BCUT2D eigenvalue weighted by molar-refractivity contribution is 5.36. The Kier molecular flexibility index (Phi) is 8.67. The first kappa shape index (κ1) is 17.6. The van der Waals surface area contributed by atoms with E-state index in [1.54, 1.807) is 12.1 Å². The summed E-state index contributed by atoms with van der Waals surface area (Å²) in [5.41, 5.74) is 0.809. The Bertz CT molecular complexity index is 410. The van der Waals surface area contributed by atoms with Gasteiger partial charge in [0.25, 0.3) is 0 Å². The predicted octanol–water partition coefficient (Wildman–Crippen LogP) is 5.08. The maximum Gasteiger partial charge on any atom is 0.387 e. The normalized spacial score (nSPS) is 12.4. The third-order valence-electron chi connectivity index (χ3n) is 3.36. The van der Waals surface area contributed by atoms with Gasteiger partial charge in [-0.2, -0.15) is 8.78 Å². The molecule has 1 aromatic rings. The lowest BCUT2D eigenvalue weighted by molar-refractivity contribution is -0.0507. The maximum absolute atomic E-state index is 12.5. The summed E-state index contributed by atoms with van der Waals surface area (Å²) in [4.78, 5) is 0. The fraction of sp³-hybridized carbons (Fsp3) is 0.529. The third-order valence-corrected chi connectivity index (χ3v) is 3.36. The zero-order chi connectivity index (χ0) is 15.5. The van der Waals surface area contributed by atoms with Crippen molar-refractivity contribution < 1.29 is 13.5 Å². The van der Waals surface area contributed by atoms with Crippen LogP contribution in [-0.4, -0.2) is 13.2 Å². The van der Waals surface area contributed by atoms with E-state index in [1.807, 2.05) is 25.1 Å². The average Bonchev–Trinajstić information content (AvgIpc) is 2.46. The summed E-state index contributed by atoms with van der Waals surface area (Å²) in [7, 11) is 0. The molecule has 1 N–H and O–H groups in total. The van der Waals surface area contributed by atoms with Crippen LogP contribution in [0.1, 0.15) is 50.6 Å². The Labute approximate surface area is 126 Å². The molecule has 0 saturated heterocycles. The molecule has 0 fully saturated rings. The van der Waals surface area contributed by atoms with E-state index in [0.29, 0.717) is 0 Å². The van der Waals surface area contributed by atoms with Gasteiger partial charge >= 0.3 is 6.61 Å². The summed E-state index contributed by atoms with van der Waals surface area (Å²) < 4.78 is 29.6. The number of ether oxygens (including phenoxy) is 1. The number of unbranched alkanes of at least 4 members (excludes halogenated alkanes) is 3. The molecule has 0 aromatic heterocycles. The number of halogens is 2. The van der Waals surface area contributed by atoms with Gasteiger partial charge in [-0.25, -0.2) is 0 Å². The molecule has 0 amide bonds. The molecule has 1 unspecified atom stereocenters. The van der Waals surface area contributed by atoms with Crippen LogP contribution in [-0.2, 0) is 0 Å². The van der Waals surface area contributed by atoms with Crippen molar-refractivity contribution in [3.63, 3.8) is 0 Å². The minimum absolute atomic E-state index is 0.0497. The number of alkyl halides is 2. The van der Waals surface area contributed by atoms with Crippen LogP contribution in [0.2, 0.25) is 0 Å². The van der Waals surface area contributed by atoms with Crippen LogP contribution in [0.3, 0.4) is 0 Å². The fourth-order valence-electron chi connectivity index (χ4n) is 2.40. The van der Waals surface area contributed by atoms with Crippen molar-refractivity contribution in [2.24, 2.45) is 0 Å². The Morgan fingerprint density at radius 2 is 2.00 bits per heavy atom. The van der Waals surface area contributed by atoms with Crippen molar-refractivity contribution in [3.8, 4) is 5.75 Å². The first-order valence-electron chi connectivity index (χ1n) is 7.57. The van der Waals surface area contributed by atoms with Crippen LogP contribution in [0.25, 0.3) is 0 Å². The third kappa shape index (κ3) is 6.71. The molecule has 118 valence electrons. The molecule has 0 heterocycles. The van der Waals surface area contributed by atoms with E-state index in [4.69, 9.17) is 0 Å². The van der Waals surface area contributed by atoms with Gasteiger partial charge in [0.15, 0.2) is 0 Å². The molecule has 0 saturated carbocycles. The van der Waals surface area contributed by atoms with Crippen LogP contribution in [0.5, 0.6) is 5.75 Å². The van der Waals surface area contributed by atoms with Gasteiger partial charge in [-0.15, -0.1) is 6.58 Å². The van der Waals surface area contributed by atoms with Gasteiger partial charge in [0, 0.05) is 11.6 Å². The first-order valence-corrected chi connectivity index (χ1v) is 7.57. The molecule has 0 spiro atoms. The second-order valence-corrected chi connectivity index (χ2v) is 4.95. The SMILES string of the molecule is C=CCCCCCC(NCC)c1ccccc1OC(F)F. The van der Waals surface area contributed by atoms with Gasteiger partial charge in [-0.1, -0.05) is 44.0 Å². The van der Waals surface area contributed by atoms with Crippen LogP contribution in [0, 0.1) is 0 Å². The van der Waals surface area contributed by atoms with E-state index in [0.717, 1.165) is 44.2 Å². The Hall–Kier alpha value is -1.42. The zero-order valence-corrected chi connectivity index (χ0v) is 12.7. The minimum atomic E-state index is -2.79. The molecule has 0 aliphatic rings. The lowest BCUT2D eigenvalue weighted by Gasteiger charge is -2.21. The van der Waals surface area contributed by atoms with Crippen molar-refractivity contribution in [2.45, 2.75) is 51.7 Å². The molecular weight excluding hydrogens is 272 g/mol. The monoisotopic (exact) mass is 297 g/mol. The molecule has 0 aliphatic carbocycles. The molecule has 0 radical (unpaired) electrons. The lowest BCUT2D eigenvalue weighted by Crippen LogP contribution is -2.22. The van der Waals surface area contributed by atoms with Crippen LogP contribution < -0.4 is 10.1 Å². The quantitative estimate of drug-likeness (QED) is 0.454. The van der Waals surface area contributed by atoms with Gasteiger partial charge < -0.3 is 10.1 Å². The second-order valence-electron chi connectivity index (χ2n) is 4.95. The lowest BCUT2D eigenvalue weighted by atomic mass is 9.99. The maximum atomic E-state index is 12.5. The Morgan fingerprint density at radius 1 is 1.24 bits per heavy atom. The van der Waals surface area contributed by atoms with Crippen LogP contribution in [0.15, 0.2) is 36.9 Å². The number of nitrogens with one attached hydrogen (secondary N) is 1. The topological polar surface area (TPSA) is 21.3 Å². The zero-order valence-electron chi connectivity index (χ0n) is 12.7.